The number of nitrogens with one attached hydrogen (secondary N) is 1. The monoisotopic (exact) mass is 345 g/mol. The van der Waals surface area contributed by atoms with E-state index in [1.54, 1.807) is 12.3 Å². The van der Waals surface area contributed by atoms with Gasteiger partial charge in [-0.2, -0.15) is 0 Å². The van der Waals surface area contributed by atoms with Crippen molar-refractivity contribution >= 4 is 29.8 Å². The zero-order valence-electron chi connectivity index (χ0n) is 13.7. The molecule has 25 heavy (non-hydrogen) atoms. The summed E-state index contributed by atoms with van der Waals surface area (Å²) in [5.74, 6) is -2.15. The molecule has 0 radical (unpaired) electrons. The van der Waals surface area contributed by atoms with Crippen LogP contribution in [0.5, 0.6) is 0 Å². The first-order chi connectivity index (χ1) is 11.9. The topological polar surface area (TPSA) is 119 Å². The van der Waals surface area contributed by atoms with Crippen LogP contribution in [0.15, 0.2) is 30.5 Å². The predicted molar refractivity (Wildman–Crippen MR) is 88.5 cm³/mol. The quantitative estimate of drug-likeness (QED) is 0.709. The Hall–Kier alpha value is -3.16. The van der Waals surface area contributed by atoms with E-state index in [4.69, 9.17) is 10.5 Å². The van der Waals surface area contributed by atoms with E-state index < -0.39 is 30.4 Å². The minimum Gasteiger partial charge on any atom is -0.456 e. The Kier molecular flexibility index (Phi) is 5.89. The smallest absolute Gasteiger partial charge is 0.308 e. The van der Waals surface area contributed by atoms with Gasteiger partial charge in [-0.25, -0.2) is 0 Å². The summed E-state index contributed by atoms with van der Waals surface area (Å²) in [6, 6.07) is 6.92. The number of esters is 1. The number of hydrogen-bond acceptors (Lipinski definition) is 5. The second kappa shape index (κ2) is 8.09. The molecule has 132 valence electrons. The molecule has 8 heteroatoms. The van der Waals surface area contributed by atoms with Gasteiger partial charge in [-0.1, -0.05) is 24.3 Å². The van der Waals surface area contributed by atoms with Gasteiger partial charge < -0.3 is 20.7 Å². The highest BCUT2D eigenvalue weighted by atomic mass is 16.5. The number of fused-ring (bicyclic) bond motifs is 1. The van der Waals surface area contributed by atoms with E-state index in [0.717, 1.165) is 11.1 Å². The van der Waals surface area contributed by atoms with Crippen molar-refractivity contribution in [2.75, 3.05) is 13.2 Å². The average molecular weight is 345 g/mol. The number of nitrogens with two attached hydrogens (primary N) is 1. The SMILES string of the molecule is CC(=O)N1C=Cc2ccccc2[C@H]1CC(=O)OCC(=O)NCC(N)=O. The molecule has 0 aliphatic carbocycles. The molecule has 0 spiro atoms. The van der Waals surface area contributed by atoms with Crippen LogP contribution in [0.25, 0.3) is 6.08 Å². The maximum Gasteiger partial charge on any atom is 0.308 e. The molecule has 0 unspecified atom stereocenters. The van der Waals surface area contributed by atoms with Crippen molar-refractivity contribution in [3.8, 4) is 0 Å². The van der Waals surface area contributed by atoms with Crippen LogP contribution in [-0.4, -0.2) is 41.7 Å². The number of amides is 3. The molecule has 2 rings (SSSR count). The zero-order chi connectivity index (χ0) is 18.4. The predicted octanol–water partition coefficient (Wildman–Crippen LogP) is 0.0953. The first-order valence-corrected chi connectivity index (χ1v) is 7.65. The maximum atomic E-state index is 12.1. The van der Waals surface area contributed by atoms with E-state index >= 15 is 0 Å². The highest BCUT2D eigenvalue weighted by molar-refractivity contribution is 5.86. The number of primary amides is 1. The van der Waals surface area contributed by atoms with Crippen LogP contribution in [-0.2, 0) is 23.9 Å². The second-order valence-corrected chi connectivity index (χ2v) is 5.49. The van der Waals surface area contributed by atoms with Gasteiger partial charge in [-0.15, -0.1) is 0 Å². The molecule has 0 aromatic heterocycles. The van der Waals surface area contributed by atoms with E-state index in [1.807, 2.05) is 24.3 Å². The lowest BCUT2D eigenvalue weighted by Gasteiger charge is -2.32. The molecule has 0 fully saturated rings. The van der Waals surface area contributed by atoms with E-state index in [9.17, 15) is 19.2 Å². The summed E-state index contributed by atoms with van der Waals surface area (Å²) >= 11 is 0. The van der Waals surface area contributed by atoms with Gasteiger partial charge in [0.25, 0.3) is 5.91 Å². The Balaban J connectivity index is 2.00. The summed E-state index contributed by atoms with van der Waals surface area (Å²) in [6.45, 7) is 0.569. The fraction of sp³-hybridized carbons (Fsp3) is 0.294. The van der Waals surface area contributed by atoms with E-state index in [0.29, 0.717) is 0 Å². The molecule has 1 aliphatic rings. The third-order valence-corrected chi connectivity index (χ3v) is 3.65. The first kappa shape index (κ1) is 18.2. The van der Waals surface area contributed by atoms with Gasteiger partial charge in [0, 0.05) is 13.1 Å². The van der Waals surface area contributed by atoms with E-state index in [2.05, 4.69) is 5.32 Å². The fourth-order valence-electron chi connectivity index (χ4n) is 2.51. The lowest BCUT2D eigenvalue weighted by Crippen LogP contribution is -2.36. The molecule has 0 saturated carbocycles. The van der Waals surface area contributed by atoms with Gasteiger partial charge in [-0.05, 0) is 17.2 Å². The highest BCUT2D eigenvalue weighted by Gasteiger charge is 2.28. The Morgan fingerprint density at radius 1 is 1.24 bits per heavy atom. The van der Waals surface area contributed by atoms with Gasteiger partial charge in [0.15, 0.2) is 6.61 Å². The number of hydrogen-bond donors (Lipinski definition) is 2. The molecule has 8 nitrogen and oxygen atoms in total. The third kappa shape index (κ3) is 4.90. The lowest BCUT2D eigenvalue weighted by atomic mass is 9.94. The van der Waals surface area contributed by atoms with Crippen molar-refractivity contribution in [3.05, 3.63) is 41.6 Å². The van der Waals surface area contributed by atoms with Crippen LogP contribution in [0.4, 0.5) is 0 Å². The summed E-state index contributed by atoms with van der Waals surface area (Å²) in [4.78, 5) is 47.4. The third-order valence-electron chi connectivity index (χ3n) is 3.65. The molecular formula is C17H19N3O5. The van der Waals surface area contributed by atoms with Crippen LogP contribution in [0.2, 0.25) is 0 Å². The Labute approximate surface area is 144 Å². The molecule has 1 atom stereocenters. The molecule has 3 N–H and O–H groups in total. The Morgan fingerprint density at radius 3 is 2.64 bits per heavy atom. The summed E-state index contributed by atoms with van der Waals surface area (Å²) in [7, 11) is 0. The standard InChI is InChI=1S/C17H19N3O5/c1-11(21)20-7-6-12-4-2-3-5-13(12)14(20)8-17(24)25-10-16(23)19-9-15(18)22/h2-7,14H,8-10H2,1H3,(H2,18,22)(H,19,23)/t14-/m1/s1. The molecule has 1 heterocycles. The van der Waals surface area contributed by atoms with Gasteiger partial charge >= 0.3 is 5.97 Å². The van der Waals surface area contributed by atoms with Crippen molar-refractivity contribution in [2.24, 2.45) is 5.73 Å². The van der Waals surface area contributed by atoms with Crippen LogP contribution in [0.3, 0.4) is 0 Å². The Morgan fingerprint density at radius 2 is 1.96 bits per heavy atom. The molecule has 1 aromatic carbocycles. The van der Waals surface area contributed by atoms with Crippen molar-refractivity contribution in [3.63, 3.8) is 0 Å². The zero-order valence-corrected chi connectivity index (χ0v) is 13.7. The number of carbonyl (C=O) groups is 4. The largest absolute Gasteiger partial charge is 0.456 e. The summed E-state index contributed by atoms with van der Waals surface area (Å²) in [5, 5.41) is 2.22. The summed E-state index contributed by atoms with van der Waals surface area (Å²) in [5.41, 5.74) is 6.65. The Bertz CT molecular complexity index is 729. The molecule has 0 saturated heterocycles. The molecule has 3 amide bonds. The van der Waals surface area contributed by atoms with E-state index in [-0.39, 0.29) is 18.9 Å². The van der Waals surface area contributed by atoms with Gasteiger partial charge in [0.1, 0.15) is 0 Å². The summed E-state index contributed by atoms with van der Waals surface area (Å²) < 4.78 is 4.92. The lowest BCUT2D eigenvalue weighted by molar-refractivity contribution is -0.150. The molecule has 0 bridgehead atoms. The van der Waals surface area contributed by atoms with Crippen molar-refractivity contribution in [2.45, 2.75) is 19.4 Å². The number of ether oxygens (including phenoxy) is 1. The van der Waals surface area contributed by atoms with Crippen LogP contribution in [0.1, 0.15) is 30.5 Å². The molecule has 1 aliphatic heterocycles. The number of carbonyl (C=O) groups excluding carboxylic acids is 4. The minimum absolute atomic E-state index is 0.0932. The van der Waals surface area contributed by atoms with Crippen molar-refractivity contribution in [1.82, 2.24) is 10.2 Å². The number of benzene rings is 1. The molecular weight excluding hydrogens is 326 g/mol. The first-order valence-electron chi connectivity index (χ1n) is 7.65. The van der Waals surface area contributed by atoms with E-state index in [1.165, 1.54) is 11.8 Å². The van der Waals surface area contributed by atoms with Crippen LogP contribution in [0, 0.1) is 0 Å². The normalized spacial score (nSPS) is 15.2. The van der Waals surface area contributed by atoms with Crippen LogP contribution < -0.4 is 11.1 Å². The fourth-order valence-corrected chi connectivity index (χ4v) is 2.51. The number of rotatable bonds is 6. The highest BCUT2D eigenvalue weighted by Crippen LogP contribution is 2.32. The van der Waals surface area contributed by atoms with Gasteiger partial charge in [0.2, 0.25) is 11.8 Å². The average Bonchev–Trinajstić information content (AvgIpc) is 2.58. The van der Waals surface area contributed by atoms with Gasteiger partial charge in [0.05, 0.1) is 19.0 Å². The second-order valence-electron chi connectivity index (χ2n) is 5.49. The van der Waals surface area contributed by atoms with Crippen molar-refractivity contribution in [1.29, 1.82) is 0 Å². The maximum absolute atomic E-state index is 12.1. The summed E-state index contributed by atoms with van der Waals surface area (Å²) in [6.07, 6.45) is 3.34. The molecule has 1 aromatic rings. The van der Waals surface area contributed by atoms with Gasteiger partial charge in [-0.3, -0.25) is 19.2 Å². The number of nitrogens with zero attached hydrogens (tertiary/aromatic N) is 1. The van der Waals surface area contributed by atoms with Crippen LogP contribution >= 0.6 is 0 Å². The minimum atomic E-state index is -0.692. The van der Waals surface area contributed by atoms with Crippen molar-refractivity contribution < 1.29 is 23.9 Å².